The molecule has 1 aliphatic carbocycles. The number of nitrogens with zero attached hydrogens (tertiary/aromatic N) is 2. The van der Waals surface area contributed by atoms with Crippen molar-refractivity contribution in [2.45, 2.75) is 65.1 Å². The van der Waals surface area contributed by atoms with Crippen LogP contribution in [-0.4, -0.2) is 15.8 Å². The second kappa shape index (κ2) is 5.67. The van der Waals surface area contributed by atoms with E-state index in [4.69, 9.17) is 0 Å². The van der Waals surface area contributed by atoms with Crippen LogP contribution in [0.1, 0.15) is 58.2 Å². The second-order valence-electron chi connectivity index (χ2n) is 5.72. The molecule has 0 bridgehead atoms. The summed E-state index contributed by atoms with van der Waals surface area (Å²) < 4.78 is 2.03. The smallest absolute Gasteiger partial charge is 0.0762 e. The molecule has 0 unspecified atom stereocenters. The van der Waals surface area contributed by atoms with Crippen molar-refractivity contribution in [3.8, 4) is 0 Å². The first-order valence-corrected chi connectivity index (χ1v) is 6.92. The highest BCUT2D eigenvalue weighted by Crippen LogP contribution is 2.23. The van der Waals surface area contributed by atoms with E-state index in [1.165, 1.54) is 25.7 Å². The molecule has 3 nitrogen and oxygen atoms in total. The first-order valence-electron chi connectivity index (χ1n) is 6.92. The molecule has 1 aromatic heterocycles. The molecular formula is C14H25N3. The van der Waals surface area contributed by atoms with Crippen LogP contribution in [0.5, 0.6) is 0 Å². The molecule has 1 N–H and O–H groups in total. The van der Waals surface area contributed by atoms with Crippen molar-refractivity contribution in [3.63, 3.8) is 0 Å². The fourth-order valence-corrected chi connectivity index (χ4v) is 2.47. The predicted octanol–water partition coefficient (Wildman–Crippen LogP) is 3.13. The minimum absolute atomic E-state index is 0.458. The lowest BCUT2D eigenvalue weighted by Crippen LogP contribution is -2.32. The van der Waals surface area contributed by atoms with E-state index in [-0.39, 0.29) is 0 Å². The largest absolute Gasteiger partial charge is 0.308 e. The minimum atomic E-state index is 0.458. The molecule has 0 saturated heterocycles. The second-order valence-corrected chi connectivity index (χ2v) is 5.72. The Hall–Kier alpha value is -0.830. The zero-order valence-corrected chi connectivity index (χ0v) is 11.3. The van der Waals surface area contributed by atoms with E-state index in [0.717, 1.165) is 18.2 Å². The quantitative estimate of drug-likeness (QED) is 0.869. The van der Waals surface area contributed by atoms with Crippen LogP contribution in [0.15, 0.2) is 12.3 Å². The van der Waals surface area contributed by atoms with Gasteiger partial charge in [-0.2, -0.15) is 5.10 Å². The third-order valence-electron chi connectivity index (χ3n) is 3.78. The van der Waals surface area contributed by atoms with Gasteiger partial charge in [-0.1, -0.05) is 6.92 Å². The fourth-order valence-electron chi connectivity index (χ4n) is 2.47. The Bertz CT molecular complexity index is 335. The Balaban J connectivity index is 1.77. The standard InChI is InChI=1S/C14H25N3/c1-11(2)17-9-8-14(16-17)10-15-13-6-4-12(3)5-7-13/h8-9,11-13,15H,4-7,10H2,1-3H3. The fraction of sp³-hybridized carbons (Fsp3) is 0.786. The molecular weight excluding hydrogens is 210 g/mol. The van der Waals surface area contributed by atoms with Gasteiger partial charge in [0.1, 0.15) is 0 Å². The average molecular weight is 235 g/mol. The van der Waals surface area contributed by atoms with Gasteiger partial charge in [-0.25, -0.2) is 0 Å². The Morgan fingerprint density at radius 2 is 2.06 bits per heavy atom. The lowest BCUT2D eigenvalue weighted by atomic mass is 9.87. The Morgan fingerprint density at radius 1 is 1.35 bits per heavy atom. The molecule has 1 saturated carbocycles. The van der Waals surface area contributed by atoms with Crippen LogP contribution in [0.2, 0.25) is 0 Å². The van der Waals surface area contributed by atoms with Crippen LogP contribution in [0.4, 0.5) is 0 Å². The van der Waals surface area contributed by atoms with Gasteiger partial charge in [0, 0.05) is 24.8 Å². The van der Waals surface area contributed by atoms with E-state index in [1.807, 2.05) is 4.68 Å². The van der Waals surface area contributed by atoms with Gasteiger partial charge in [-0.15, -0.1) is 0 Å². The Labute approximate surface area is 105 Å². The van der Waals surface area contributed by atoms with Gasteiger partial charge in [0.15, 0.2) is 0 Å². The van der Waals surface area contributed by atoms with Crippen molar-refractivity contribution in [2.24, 2.45) is 5.92 Å². The monoisotopic (exact) mass is 235 g/mol. The van der Waals surface area contributed by atoms with Gasteiger partial charge in [-0.05, 0) is 51.5 Å². The third-order valence-corrected chi connectivity index (χ3v) is 3.78. The minimum Gasteiger partial charge on any atom is -0.308 e. The van der Waals surface area contributed by atoms with Gasteiger partial charge in [0.05, 0.1) is 5.69 Å². The van der Waals surface area contributed by atoms with E-state index in [9.17, 15) is 0 Å². The van der Waals surface area contributed by atoms with E-state index < -0.39 is 0 Å². The summed E-state index contributed by atoms with van der Waals surface area (Å²) in [6, 6.07) is 3.29. The van der Waals surface area contributed by atoms with Crippen LogP contribution >= 0.6 is 0 Å². The van der Waals surface area contributed by atoms with E-state index >= 15 is 0 Å². The van der Waals surface area contributed by atoms with Gasteiger partial charge in [0.2, 0.25) is 0 Å². The lowest BCUT2D eigenvalue weighted by Gasteiger charge is -2.26. The molecule has 1 fully saturated rings. The first-order chi connectivity index (χ1) is 8.15. The van der Waals surface area contributed by atoms with E-state index in [1.54, 1.807) is 0 Å². The van der Waals surface area contributed by atoms with Crippen molar-refractivity contribution >= 4 is 0 Å². The summed E-state index contributed by atoms with van der Waals surface area (Å²) in [5.41, 5.74) is 1.16. The zero-order chi connectivity index (χ0) is 12.3. The zero-order valence-electron chi connectivity index (χ0n) is 11.3. The normalized spacial score (nSPS) is 25.4. The maximum atomic E-state index is 4.56. The number of hydrogen-bond acceptors (Lipinski definition) is 2. The summed E-state index contributed by atoms with van der Waals surface area (Å²) in [5, 5.41) is 8.20. The molecule has 1 aromatic rings. The molecule has 0 radical (unpaired) electrons. The number of aromatic nitrogens is 2. The molecule has 96 valence electrons. The summed E-state index contributed by atoms with van der Waals surface area (Å²) in [7, 11) is 0. The number of rotatable bonds is 4. The molecule has 17 heavy (non-hydrogen) atoms. The summed E-state index contributed by atoms with van der Waals surface area (Å²) in [4.78, 5) is 0. The lowest BCUT2D eigenvalue weighted by molar-refractivity contribution is 0.305. The first kappa shape index (κ1) is 12.6. The highest BCUT2D eigenvalue weighted by molar-refractivity contribution is 4.99. The summed E-state index contributed by atoms with van der Waals surface area (Å²) in [6.45, 7) is 7.60. The van der Waals surface area contributed by atoms with Crippen LogP contribution < -0.4 is 5.32 Å². The maximum absolute atomic E-state index is 4.56. The Kier molecular flexibility index (Phi) is 4.21. The van der Waals surface area contributed by atoms with Crippen molar-refractivity contribution in [2.75, 3.05) is 0 Å². The third kappa shape index (κ3) is 3.56. The van der Waals surface area contributed by atoms with Crippen molar-refractivity contribution in [1.82, 2.24) is 15.1 Å². The molecule has 1 aliphatic rings. The van der Waals surface area contributed by atoms with Crippen molar-refractivity contribution in [1.29, 1.82) is 0 Å². The summed E-state index contributed by atoms with van der Waals surface area (Å²) >= 11 is 0. The SMILES string of the molecule is CC1CCC(NCc2ccn(C(C)C)n2)CC1. The molecule has 0 aliphatic heterocycles. The highest BCUT2D eigenvalue weighted by Gasteiger charge is 2.17. The molecule has 1 heterocycles. The van der Waals surface area contributed by atoms with E-state index in [0.29, 0.717) is 12.1 Å². The summed E-state index contributed by atoms with van der Waals surface area (Å²) in [6.07, 6.45) is 7.47. The van der Waals surface area contributed by atoms with Crippen LogP contribution in [-0.2, 0) is 6.54 Å². The van der Waals surface area contributed by atoms with Gasteiger partial charge < -0.3 is 5.32 Å². The van der Waals surface area contributed by atoms with Crippen LogP contribution in [0.3, 0.4) is 0 Å². The molecule has 0 atom stereocenters. The highest BCUT2D eigenvalue weighted by atomic mass is 15.3. The number of nitrogens with one attached hydrogen (secondary N) is 1. The molecule has 3 heteroatoms. The molecule has 0 amide bonds. The van der Waals surface area contributed by atoms with Crippen LogP contribution in [0, 0.1) is 5.92 Å². The topological polar surface area (TPSA) is 29.9 Å². The average Bonchev–Trinajstić information content (AvgIpc) is 2.77. The maximum Gasteiger partial charge on any atom is 0.0762 e. The molecule has 0 spiro atoms. The van der Waals surface area contributed by atoms with Crippen molar-refractivity contribution in [3.05, 3.63) is 18.0 Å². The van der Waals surface area contributed by atoms with Gasteiger partial charge >= 0.3 is 0 Å². The van der Waals surface area contributed by atoms with Crippen molar-refractivity contribution < 1.29 is 0 Å². The molecule has 0 aromatic carbocycles. The summed E-state index contributed by atoms with van der Waals surface area (Å²) in [5.74, 6) is 0.924. The predicted molar refractivity (Wildman–Crippen MR) is 70.9 cm³/mol. The molecule has 2 rings (SSSR count). The van der Waals surface area contributed by atoms with E-state index in [2.05, 4.69) is 43.4 Å². The number of hydrogen-bond donors (Lipinski definition) is 1. The van der Waals surface area contributed by atoms with Gasteiger partial charge in [0.25, 0.3) is 0 Å². The van der Waals surface area contributed by atoms with Crippen LogP contribution in [0.25, 0.3) is 0 Å². The van der Waals surface area contributed by atoms with Gasteiger partial charge in [-0.3, -0.25) is 4.68 Å². The Morgan fingerprint density at radius 3 is 2.65 bits per heavy atom.